The molecule has 1 fully saturated rings. The van der Waals surface area contributed by atoms with Crippen molar-refractivity contribution in [1.82, 2.24) is 5.32 Å². The van der Waals surface area contributed by atoms with E-state index in [4.69, 9.17) is 16.0 Å². The van der Waals surface area contributed by atoms with Crippen molar-refractivity contribution in [3.63, 3.8) is 0 Å². The molecule has 3 aromatic rings. The molecule has 0 aliphatic heterocycles. The van der Waals surface area contributed by atoms with E-state index in [-0.39, 0.29) is 11.3 Å². The summed E-state index contributed by atoms with van der Waals surface area (Å²) in [5.41, 5.74) is 1.78. The van der Waals surface area contributed by atoms with Gasteiger partial charge in [-0.2, -0.15) is 0 Å². The van der Waals surface area contributed by atoms with Crippen LogP contribution < -0.4 is 10.9 Å². The molecule has 0 radical (unpaired) electrons. The molecule has 1 aliphatic rings. The maximum Gasteiger partial charge on any atom is 0.336 e. The largest absolute Gasteiger partial charge is 0.508 e. The smallest absolute Gasteiger partial charge is 0.336 e. The van der Waals surface area contributed by atoms with Crippen LogP contribution in [0.1, 0.15) is 24.0 Å². The monoisotopic (exact) mass is 341 g/mol. The van der Waals surface area contributed by atoms with Gasteiger partial charge in [-0.15, -0.1) is 0 Å². The standard InChI is InChI=1S/C19H16ClNO3/c20-16-4-2-1-3-15(16)19(7-8-19)21-11-12-9-18(23)24-17-10-13(22)5-6-14(12)17/h1-6,9-10,21-22H,7-8,11H2. The van der Waals surface area contributed by atoms with Crippen LogP contribution >= 0.6 is 11.6 Å². The first-order chi connectivity index (χ1) is 11.6. The lowest BCUT2D eigenvalue weighted by molar-refractivity contribution is 0.472. The molecule has 0 amide bonds. The van der Waals surface area contributed by atoms with E-state index < -0.39 is 5.63 Å². The first-order valence-corrected chi connectivity index (χ1v) is 8.21. The number of rotatable bonds is 4. The Morgan fingerprint density at radius 2 is 1.96 bits per heavy atom. The molecule has 5 heteroatoms. The van der Waals surface area contributed by atoms with E-state index in [0.29, 0.717) is 12.1 Å². The Morgan fingerprint density at radius 3 is 2.71 bits per heavy atom. The molecule has 1 heterocycles. The highest BCUT2D eigenvalue weighted by Crippen LogP contribution is 2.48. The lowest BCUT2D eigenvalue weighted by Gasteiger charge is -2.19. The van der Waals surface area contributed by atoms with E-state index in [0.717, 1.165) is 34.4 Å². The van der Waals surface area contributed by atoms with Gasteiger partial charge < -0.3 is 14.8 Å². The average molecular weight is 342 g/mol. The number of hydrogen-bond donors (Lipinski definition) is 2. The quantitative estimate of drug-likeness (QED) is 0.706. The summed E-state index contributed by atoms with van der Waals surface area (Å²) in [5, 5.41) is 14.7. The highest BCUT2D eigenvalue weighted by Gasteiger charge is 2.45. The number of benzene rings is 2. The van der Waals surface area contributed by atoms with Gasteiger partial charge in [-0.1, -0.05) is 29.8 Å². The van der Waals surface area contributed by atoms with Gasteiger partial charge >= 0.3 is 5.63 Å². The van der Waals surface area contributed by atoms with Gasteiger partial charge in [-0.25, -0.2) is 4.79 Å². The molecule has 2 N–H and O–H groups in total. The van der Waals surface area contributed by atoms with Crippen LogP contribution in [0.3, 0.4) is 0 Å². The second kappa shape index (κ2) is 5.65. The number of fused-ring (bicyclic) bond motifs is 1. The summed E-state index contributed by atoms with van der Waals surface area (Å²) >= 11 is 6.34. The second-order valence-corrected chi connectivity index (χ2v) is 6.59. The summed E-state index contributed by atoms with van der Waals surface area (Å²) in [6, 6.07) is 14.1. The van der Waals surface area contributed by atoms with Gasteiger partial charge in [0.2, 0.25) is 0 Å². The highest BCUT2D eigenvalue weighted by atomic mass is 35.5. The van der Waals surface area contributed by atoms with E-state index in [9.17, 15) is 9.90 Å². The summed E-state index contributed by atoms with van der Waals surface area (Å²) < 4.78 is 5.17. The van der Waals surface area contributed by atoms with Crippen LogP contribution in [0, 0.1) is 0 Å². The fraction of sp³-hybridized carbons (Fsp3) is 0.211. The predicted octanol–water partition coefficient (Wildman–Crippen LogP) is 3.93. The molecule has 0 spiro atoms. The Kier molecular flexibility index (Phi) is 3.59. The summed E-state index contributed by atoms with van der Waals surface area (Å²) in [4.78, 5) is 11.8. The molecule has 0 unspecified atom stereocenters. The van der Waals surface area contributed by atoms with Crippen molar-refractivity contribution in [2.24, 2.45) is 0 Å². The van der Waals surface area contributed by atoms with Crippen LogP contribution in [-0.2, 0) is 12.1 Å². The molecule has 1 aliphatic carbocycles. The van der Waals surface area contributed by atoms with Gasteiger partial charge in [0.15, 0.2) is 0 Å². The normalized spacial score (nSPS) is 15.5. The maximum atomic E-state index is 11.8. The molecule has 0 atom stereocenters. The minimum Gasteiger partial charge on any atom is -0.508 e. The number of halogens is 1. The molecular formula is C19H16ClNO3. The molecule has 0 saturated heterocycles. The van der Waals surface area contributed by atoms with Crippen LogP contribution in [0.15, 0.2) is 57.7 Å². The first-order valence-electron chi connectivity index (χ1n) is 7.83. The Bertz CT molecular complexity index is 976. The molecule has 2 aromatic carbocycles. The van der Waals surface area contributed by atoms with E-state index >= 15 is 0 Å². The van der Waals surface area contributed by atoms with Gasteiger partial charge in [0.1, 0.15) is 11.3 Å². The Labute approximate surface area is 143 Å². The zero-order valence-corrected chi connectivity index (χ0v) is 13.6. The van der Waals surface area contributed by atoms with Crippen LogP contribution in [0.4, 0.5) is 0 Å². The number of nitrogens with one attached hydrogen (secondary N) is 1. The van der Waals surface area contributed by atoms with Crippen molar-refractivity contribution >= 4 is 22.6 Å². The van der Waals surface area contributed by atoms with Crippen LogP contribution in [0.2, 0.25) is 5.02 Å². The van der Waals surface area contributed by atoms with E-state index in [2.05, 4.69) is 5.32 Å². The topological polar surface area (TPSA) is 62.5 Å². The summed E-state index contributed by atoms with van der Waals surface area (Å²) in [7, 11) is 0. The fourth-order valence-electron chi connectivity index (χ4n) is 3.14. The van der Waals surface area contributed by atoms with Crippen molar-refractivity contribution in [2.75, 3.05) is 0 Å². The zero-order valence-electron chi connectivity index (χ0n) is 12.9. The SMILES string of the molecule is O=c1cc(CNC2(c3ccccc3Cl)CC2)c2ccc(O)cc2o1. The second-order valence-electron chi connectivity index (χ2n) is 6.19. The molecule has 4 nitrogen and oxygen atoms in total. The number of phenols is 1. The molecule has 24 heavy (non-hydrogen) atoms. The third kappa shape index (κ3) is 2.68. The number of hydrogen-bond acceptors (Lipinski definition) is 4. The lowest BCUT2D eigenvalue weighted by Crippen LogP contribution is -2.29. The number of phenolic OH excluding ortho intramolecular Hbond substituents is 1. The van der Waals surface area contributed by atoms with Crippen molar-refractivity contribution in [2.45, 2.75) is 24.9 Å². The Morgan fingerprint density at radius 1 is 1.17 bits per heavy atom. The van der Waals surface area contributed by atoms with Crippen LogP contribution in [0.5, 0.6) is 5.75 Å². The zero-order chi connectivity index (χ0) is 16.7. The number of aromatic hydroxyl groups is 1. The predicted molar refractivity (Wildman–Crippen MR) is 93.4 cm³/mol. The molecule has 1 aromatic heterocycles. The lowest BCUT2D eigenvalue weighted by atomic mass is 10.0. The van der Waals surface area contributed by atoms with Crippen molar-refractivity contribution in [1.29, 1.82) is 0 Å². The Balaban J connectivity index is 1.66. The van der Waals surface area contributed by atoms with Crippen LogP contribution in [-0.4, -0.2) is 5.11 Å². The van der Waals surface area contributed by atoms with Gasteiger partial charge in [-0.05, 0) is 42.2 Å². The van der Waals surface area contributed by atoms with E-state index in [1.165, 1.54) is 12.1 Å². The Hall–Kier alpha value is -2.30. The van der Waals surface area contributed by atoms with E-state index in [1.54, 1.807) is 12.1 Å². The average Bonchev–Trinajstić information content (AvgIpc) is 3.33. The molecule has 4 rings (SSSR count). The summed E-state index contributed by atoms with van der Waals surface area (Å²) in [6.07, 6.45) is 2.02. The highest BCUT2D eigenvalue weighted by molar-refractivity contribution is 6.31. The molecule has 0 bridgehead atoms. The minimum absolute atomic E-state index is 0.0745. The third-order valence-corrected chi connectivity index (χ3v) is 4.90. The minimum atomic E-state index is -0.424. The summed E-state index contributed by atoms with van der Waals surface area (Å²) in [6.45, 7) is 0.526. The van der Waals surface area contributed by atoms with Gasteiger partial charge in [0.25, 0.3) is 0 Å². The summed E-state index contributed by atoms with van der Waals surface area (Å²) in [5.74, 6) is 0.0745. The first kappa shape index (κ1) is 15.2. The third-order valence-electron chi connectivity index (χ3n) is 4.57. The molecular weight excluding hydrogens is 326 g/mol. The van der Waals surface area contributed by atoms with Gasteiger partial charge in [0.05, 0.1) is 0 Å². The maximum absolute atomic E-state index is 11.8. The van der Waals surface area contributed by atoms with Gasteiger partial charge in [0, 0.05) is 34.6 Å². The van der Waals surface area contributed by atoms with Crippen molar-refractivity contribution in [3.05, 3.63) is 75.1 Å². The van der Waals surface area contributed by atoms with Gasteiger partial charge in [-0.3, -0.25) is 0 Å². The molecule has 122 valence electrons. The molecule has 1 saturated carbocycles. The van der Waals surface area contributed by atoms with Crippen LogP contribution in [0.25, 0.3) is 11.0 Å². The van der Waals surface area contributed by atoms with Crippen molar-refractivity contribution < 1.29 is 9.52 Å². The van der Waals surface area contributed by atoms with E-state index in [1.807, 2.05) is 24.3 Å². The van der Waals surface area contributed by atoms with Crippen molar-refractivity contribution in [3.8, 4) is 5.75 Å². The fourth-order valence-corrected chi connectivity index (χ4v) is 3.46.